The Hall–Kier alpha value is -2.11. The van der Waals surface area contributed by atoms with E-state index < -0.39 is 0 Å². The van der Waals surface area contributed by atoms with Gasteiger partial charge in [0.2, 0.25) is 5.75 Å². The van der Waals surface area contributed by atoms with Gasteiger partial charge in [0, 0.05) is 38.9 Å². The number of piperidine rings is 1. The molecule has 1 spiro atoms. The van der Waals surface area contributed by atoms with E-state index in [1.165, 1.54) is 5.56 Å². The molecule has 1 fully saturated rings. The van der Waals surface area contributed by atoms with Crippen molar-refractivity contribution < 1.29 is 18.9 Å². The average Bonchev–Trinajstić information content (AvgIpc) is 3.06. The van der Waals surface area contributed by atoms with Crippen LogP contribution >= 0.6 is 12.4 Å². The van der Waals surface area contributed by atoms with E-state index in [1.54, 1.807) is 21.3 Å². The number of ether oxygens (including phenoxy) is 4. The third-order valence-electron chi connectivity index (χ3n) is 5.71. The summed E-state index contributed by atoms with van der Waals surface area (Å²) in [6, 6.07) is 12.5. The van der Waals surface area contributed by atoms with Crippen molar-refractivity contribution in [1.29, 1.82) is 0 Å². The SMILES string of the molecule is COc1cc(CN2CCC3(CC2)Cc2ccccc2O3)cc(OC)c1OC.Cl. The summed E-state index contributed by atoms with van der Waals surface area (Å²) in [4.78, 5) is 2.47. The maximum atomic E-state index is 6.35. The average molecular weight is 406 g/mol. The first-order chi connectivity index (χ1) is 13.2. The third kappa shape index (κ3) is 3.87. The van der Waals surface area contributed by atoms with E-state index in [-0.39, 0.29) is 18.0 Å². The minimum atomic E-state index is -0.0184. The summed E-state index contributed by atoms with van der Waals surface area (Å²) in [5, 5.41) is 0. The van der Waals surface area contributed by atoms with Gasteiger partial charge in [-0.3, -0.25) is 4.90 Å². The molecule has 0 aromatic heterocycles. The van der Waals surface area contributed by atoms with E-state index in [2.05, 4.69) is 29.2 Å². The fourth-order valence-corrected chi connectivity index (χ4v) is 4.25. The second-order valence-corrected chi connectivity index (χ2v) is 7.38. The monoisotopic (exact) mass is 405 g/mol. The Morgan fingerprint density at radius 1 is 0.964 bits per heavy atom. The standard InChI is InChI=1S/C22H27NO4.ClH/c1-24-19-12-16(13-20(25-2)21(19)26-3)15-23-10-8-22(9-11-23)14-17-6-4-5-7-18(17)27-22;/h4-7,12-13H,8-11,14-15H2,1-3H3;1H. The van der Waals surface area contributed by atoms with Gasteiger partial charge in [-0.25, -0.2) is 0 Å². The Morgan fingerprint density at radius 3 is 2.18 bits per heavy atom. The molecule has 28 heavy (non-hydrogen) atoms. The molecule has 1 saturated heterocycles. The van der Waals surface area contributed by atoms with Crippen LogP contribution in [-0.2, 0) is 13.0 Å². The summed E-state index contributed by atoms with van der Waals surface area (Å²) in [6.45, 7) is 2.90. The van der Waals surface area contributed by atoms with Crippen molar-refractivity contribution in [3.8, 4) is 23.0 Å². The molecular weight excluding hydrogens is 378 g/mol. The Kier molecular flexibility index (Phi) is 6.26. The number of methoxy groups -OCH3 is 3. The van der Waals surface area contributed by atoms with Crippen molar-refractivity contribution >= 4 is 12.4 Å². The Balaban J connectivity index is 0.00000225. The summed E-state index contributed by atoms with van der Waals surface area (Å²) in [6.07, 6.45) is 3.12. The number of hydrogen-bond donors (Lipinski definition) is 0. The van der Waals surface area contributed by atoms with Gasteiger partial charge in [-0.15, -0.1) is 12.4 Å². The normalized spacial score (nSPS) is 17.4. The number of rotatable bonds is 5. The van der Waals surface area contributed by atoms with Crippen LogP contribution in [0.2, 0.25) is 0 Å². The molecular formula is C22H28ClNO4. The zero-order chi connectivity index (χ0) is 18.9. The Labute approximate surface area is 172 Å². The van der Waals surface area contributed by atoms with Crippen molar-refractivity contribution in [3.05, 3.63) is 47.5 Å². The Bertz CT molecular complexity index is 766. The lowest BCUT2D eigenvalue weighted by molar-refractivity contribution is 0.0170. The molecule has 2 aliphatic heterocycles. The number of halogens is 1. The smallest absolute Gasteiger partial charge is 0.203 e. The second-order valence-electron chi connectivity index (χ2n) is 7.38. The van der Waals surface area contributed by atoms with Crippen molar-refractivity contribution in [2.75, 3.05) is 34.4 Å². The number of benzene rings is 2. The van der Waals surface area contributed by atoms with Crippen LogP contribution in [0.3, 0.4) is 0 Å². The highest BCUT2D eigenvalue weighted by atomic mass is 35.5. The van der Waals surface area contributed by atoms with Gasteiger partial charge >= 0.3 is 0 Å². The van der Waals surface area contributed by atoms with E-state index in [9.17, 15) is 0 Å². The zero-order valence-corrected chi connectivity index (χ0v) is 17.5. The predicted octanol–water partition coefficient (Wildman–Crippen LogP) is 4.10. The van der Waals surface area contributed by atoms with Crippen LogP contribution in [0.15, 0.2) is 36.4 Å². The van der Waals surface area contributed by atoms with Gasteiger partial charge in [0.15, 0.2) is 11.5 Å². The number of fused-ring (bicyclic) bond motifs is 1. The van der Waals surface area contributed by atoms with Gasteiger partial charge in [-0.2, -0.15) is 0 Å². The molecule has 4 rings (SSSR count). The fourth-order valence-electron chi connectivity index (χ4n) is 4.25. The summed E-state index contributed by atoms with van der Waals surface area (Å²) in [5.74, 6) is 3.11. The highest BCUT2D eigenvalue weighted by Gasteiger charge is 2.41. The predicted molar refractivity (Wildman–Crippen MR) is 111 cm³/mol. The molecule has 152 valence electrons. The molecule has 5 nitrogen and oxygen atoms in total. The van der Waals surface area contributed by atoms with Crippen molar-refractivity contribution in [1.82, 2.24) is 4.90 Å². The molecule has 0 bridgehead atoms. The maximum Gasteiger partial charge on any atom is 0.203 e. The van der Waals surface area contributed by atoms with Crippen molar-refractivity contribution in [2.24, 2.45) is 0 Å². The molecule has 2 aliphatic rings. The Morgan fingerprint density at radius 2 is 1.61 bits per heavy atom. The van der Waals surface area contributed by atoms with Gasteiger partial charge in [-0.05, 0) is 29.3 Å². The van der Waals surface area contributed by atoms with Gasteiger partial charge in [0.25, 0.3) is 0 Å². The topological polar surface area (TPSA) is 40.2 Å². The number of para-hydroxylation sites is 1. The molecule has 0 radical (unpaired) electrons. The lowest BCUT2D eigenvalue weighted by Gasteiger charge is -2.38. The minimum absolute atomic E-state index is 0. The van der Waals surface area contributed by atoms with E-state index in [1.807, 2.05) is 12.1 Å². The van der Waals surface area contributed by atoms with Gasteiger partial charge in [-0.1, -0.05) is 18.2 Å². The second kappa shape index (κ2) is 8.50. The van der Waals surface area contributed by atoms with Gasteiger partial charge < -0.3 is 18.9 Å². The van der Waals surface area contributed by atoms with E-state index in [0.29, 0.717) is 17.2 Å². The van der Waals surface area contributed by atoms with Crippen LogP contribution in [0.4, 0.5) is 0 Å². The quantitative estimate of drug-likeness (QED) is 0.748. The molecule has 2 heterocycles. The van der Waals surface area contributed by atoms with Crippen LogP contribution in [0.5, 0.6) is 23.0 Å². The van der Waals surface area contributed by atoms with Gasteiger partial charge in [0.1, 0.15) is 11.4 Å². The van der Waals surface area contributed by atoms with E-state index in [0.717, 1.165) is 50.2 Å². The molecule has 6 heteroatoms. The molecule has 0 unspecified atom stereocenters. The van der Waals surface area contributed by atoms with Crippen LogP contribution in [0.1, 0.15) is 24.0 Å². The summed E-state index contributed by atoms with van der Waals surface area (Å²) < 4.78 is 22.7. The molecule has 2 aromatic rings. The molecule has 0 aliphatic carbocycles. The molecule has 0 saturated carbocycles. The number of likely N-dealkylation sites (tertiary alicyclic amines) is 1. The first-order valence-corrected chi connectivity index (χ1v) is 9.44. The fraction of sp³-hybridized carbons (Fsp3) is 0.455. The van der Waals surface area contributed by atoms with E-state index in [4.69, 9.17) is 18.9 Å². The lowest BCUT2D eigenvalue weighted by atomic mass is 9.87. The summed E-state index contributed by atoms with van der Waals surface area (Å²) >= 11 is 0. The number of hydrogen-bond acceptors (Lipinski definition) is 5. The highest BCUT2D eigenvalue weighted by Crippen LogP contribution is 2.42. The summed E-state index contributed by atoms with van der Waals surface area (Å²) in [5.41, 5.74) is 2.49. The molecule has 0 N–H and O–H groups in total. The molecule has 0 atom stereocenters. The van der Waals surface area contributed by atoms with Crippen molar-refractivity contribution in [3.63, 3.8) is 0 Å². The largest absolute Gasteiger partial charge is 0.493 e. The summed E-state index contributed by atoms with van der Waals surface area (Å²) in [7, 11) is 4.94. The number of nitrogens with zero attached hydrogens (tertiary/aromatic N) is 1. The van der Waals surface area contributed by atoms with Crippen LogP contribution in [0.25, 0.3) is 0 Å². The zero-order valence-electron chi connectivity index (χ0n) is 16.7. The first kappa shape index (κ1) is 20.6. The minimum Gasteiger partial charge on any atom is -0.493 e. The van der Waals surface area contributed by atoms with E-state index >= 15 is 0 Å². The van der Waals surface area contributed by atoms with Crippen LogP contribution in [0, 0.1) is 0 Å². The van der Waals surface area contributed by atoms with Crippen LogP contribution < -0.4 is 18.9 Å². The van der Waals surface area contributed by atoms with Crippen molar-refractivity contribution in [2.45, 2.75) is 31.4 Å². The third-order valence-corrected chi connectivity index (χ3v) is 5.71. The molecule has 2 aromatic carbocycles. The lowest BCUT2D eigenvalue weighted by Crippen LogP contribution is -2.47. The van der Waals surface area contributed by atoms with Gasteiger partial charge in [0.05, 0.1) is 21.3 Å². The molecule has 0 amide bonds. The maximum absolute atomic E-state index is 6.35. The van der Waals surface area contributed by atoms with Crippen LogP contribution in [-0.4, -0.2) is 44.9 Å². The first-order valence-electron chi connectivity index (χ1n) is 9.44. The highest BCUT2D eigenvalue weighted by molar-refractivity contribution is 5.85.